The monoisotopic (exact) mass is 526 g/mol. The molecule has 0 bridgehead atoms. The molecule has 0 unspecified atom stereocenters. The van der Waals surface area contributed by atoms with E-state index in [0.29, 0.717) is 16.5 Å². The van der Waals surface area contributed by atoms with E-state index in [1.807, 2.05) is 0 Å². The Balaban J connectivity index is 1.81. The van der Waals surface area contributed by atoms with Crippen LogP contribution in [0, 0.1) is 20.2 Å². The van der Waals surface area contributed by atoms with Crippen LogP contribution in [-0.2, 0) is 0 Å². The van der Waals surface area contributed by atoms with Crippen molar-refractivity contribution in [2.45, 2.75) is 0 Å². The molecule has 0 saturated carbocycles. The standard InChI is InChI=1S/C24H19ClN4O8/c1-3-10-36-22-7-4-15(12-23(22)35-2)24(30)27-26-14-16-11-17(25)5-8-20(16)37-21-9-6-18(28(31)32)13-19(21)29(33)34/h3-9,11-14H,1,10H2,2H3,(H,27,30)/b26-14+. The largest absolute Gasteiger partial charge is 0.493 e. The minimum absolute atomic E-state index is 0.102. The number of hydrogen-bond acceptors (Lipinski definition) is 9. The fourth-order valence-corrected chi connectivity index (χ4v) is 3.16. The molecule has 0 spiro atoms. The fourth-order valence-electron chi connectivity index (χ4n) is 2.98. The zero-order valence-corrected chi connectivity index (χ0v) is 20.0. The van der Waals surface area contributed by atoms with E-state index >= 15 is 0 Å². The molecule has 0 aliphatic heterocycles. The number of rotatable bonds is 11. The van der Waals surface area contributed by atoms with E-state index in [1.54, 1.807) is 12.1 Å². The topological polar surface area (TPSA) is 155 Å². The second-order valence-corrected chi connectivity index (χ2v) is 7.55. The van der Waals surface area contributed by atoms with Crippen molar-refractivity contribution in [3.63, 3.8) is 0 Å². The Morgan fingerprint density at radius 1 is 1.03 bits per heavy atom. The number of benzene rings is 3. The first-order valence-electron chi connectivity index (χ1n) is 10.4. The summed E-state index contributed by atoms with van der Waals surface area (Å²) in [5.41, 5.74) is 1.80. The number of carbonyl (C=O) groups excluding carboxylic acids is 1. The molecule has 0 atom stereocenters. The second kappa shape index (κ2) is 12.1. The molecule has 3 aromatic rings. The van der Waals surface area contributed by atoms with Crippen molar-refractivity contribution in [1.82, 2.24) is 5.43 Å². The lowest BCUT2D eigenvalue weighted by Gasteiger charge is -2.11. The molecule has 0 aliphatic carbocycles. The van der Waals surface area contributed by atoms with E-state index in [1.165, 1.54) is 43.7 Å². The van der Waals surface area contributed by atoms with Crippen LogP contribution in [0.5, 0.6) is 23.0 Å². The summed E-state index contributed by atoms with van der Waals surface area (Å²) in [6, 6.07) is 11.9. The van der Waals surface area contributed by atoms with Gasteiger partial charge in [-0.2, -0.15) is 5.10 Å². The summed E-state index contributed by atoms with van der Waals surface area (Å²) in [6.45, 7) is 3.84. The zero-order chi connectivity index (χ0) is 26.9. The third kappa shape index (κ3) is 6.80. The molecular formula is C24H19ClN4O8. The Kier molecular flexibility index (Phi) is 8.73. The van der Waals surface area contributed by atoms with Crippen LogP contribution in [0.1, 0.15) is 15.9 Å². The van der Waals surface area contributed by atoms with Gasteiger partial charge in [0.15, 0.2) is 11.5 Å². The molecule has 1 N–H and O–H groups in total. The Morgan fingerprint density at radius 2 is 1.76 bits per heavy atom. The molecular weight excluding hydrogens is 508 g/mol. The Morgan fingerprint density at radius 3 is 2.43 bits per heavy atom. The lowest BCUT2D eigenvalue weighted by Crippen LogP contribution is -2.17. The molecule has 0 saturated heterocycles. The van der Waals surface area contributed by atoms with Crippen LogP contribution in [0.25, 0.3) is 0 Å². The number of hydrogen-bond donors (Lipinski definition) is 1. The van der Waals surface area contributed by atoms with Crippen LogP contribution < -0.4 is 19.6 Å². The van der Waals surface area contributed by atoms with Crippen LogP contribution in [0.15, 0.2) is 72.4 Å². The maximum atomic E-state index is 12.6. The van der Waals surface area contributed by atoms with E-state index in [4.69, 9.17) is 25.8 Å². The van der Waals surface area contributed by atoms with Gasteiger partial charge in [0.2, 0.25) is 5.75 Å². The minimum atomic E-state index is -0.797. The Labute approximate surface area is 215 Å². The quantitative estimate of drug-likeness (QED) is 0.153. The van der Waals surface area contributed by atoms with Crippen molar-refractivity contribution >= 4 is 35.1 Å². The maximum Gasteiger partial charge on any atom is 0.318 e. The Hall–Kier alpha value is -4.97. The lowest BCUT2D eigenvalue weighted by molar-refractivity contribution is -0.394. The fraction of sp³-hybridized carbons (Fsp3) is 0.0833. The molecule has 0 aromatic heterocycles. The van der Waals surface area contributed by atoms with Gasteiger partial charge in [-0.05, 0) is 42.5 Å². The van der Waals surface area contributed by atoms with Gasteiger partial charge in [-0.1, -0.05) is 24.3 Å². The van der Waals surface area contributed by atoms with E-state index in [9.17, 15) is 25.0 Å². The highest BCUT2D eigenvalue weighted by atomic mass is 35.5. The normalized spacial score (nSPS) is 10.5. The molecule has 190 valence electrons. The maximum absolute atomic E-state index is 12.6. The third-order valence-electron chi connectivity index (χ3n) is 4.69. The highest BCUT2D eigenvalue weighted by Crippen LogP contribution is 2.36. The van der Waals surface area contributed by atoms with Gasteiger partial charge in [-0.3, -0.25) is 25.0 Å². The molecule has 3 rings (SSSR count). The SMILES string of the molecule is C=CCOc1ccc(C(=O)N/N=C/c2cc(Cl)ccc2Oc2ccc([N+](=O)[O-])cc2[N+](=O)[O-])cc1OC. The van der Waals surface area contributed by atoms with Crippen molar-refractivity contribution in [1.29, 1.82) is 0 Å². The highest BCUT2D eigenvalue weighted by Gasteiger charge is 2.22. The summed E-state index contributed by atoms with van der Waals surface area (Å²) in [5.74, 6) is 0.0877. The number of nitrogens with one attached hydrogen (secondary N) is 1. The van der Waals surface area contributed by atoms with Crippen molar-refractivity contribution in [2.75, 3.05) is 13.7 Å². The molecule has 12 nitrogen and oxygen atoms in total. The van der Waals surface area contributed by atoms with E-state index in [0.717, 1.165) is 18.2 Å². The molecule has 0 heterocycles. The molecule has 0 aliphatic rings. The number of ether oxygens (including phenoxy) is 3. The summed E-state index contributed by atoms with van der Waals surface area (Å²) >= 11 is 6.06. The van der Waals surface area contributed by atoms with E-state index in [2.05, 4.69) is 17.1 Å². The average molecular weight is 527 g/mol. The number of nitrogens with zero attached hydrogens (tertiary/aromatic N) is 3. The van der Waals surface area contributed by atoms with Gasteiger partial charge >= 0.3 is 5.69 Å². The first-order valence-corrected chi connectivity index (χ1v) is 10.8. The van der Waals surface area contributed by atoms with Crippen molar-refractivity contribution in [3.8, 4) is 23.0 Å². The minimum Gasteiger partial charge on any atom is -0.493 e. The second-order valence-electron chi connectivity index (χ2n) is 7.11. The number of halogens is 1. The van der Waals surface area contributed by atoms with E-state index < -0.39 is 27.1 Å². The predicted octanol–water partition coefficient (Wildman–Crippen LogP) is 5.29. The predicted molar refractivity (Wildman–Crippen MR) is 135 cm³/mol. The van der Waals surface area contributed by atoms with Gasteiger partial charge in [0.05, 0.1) is 29.2 Å². The molecule has 0 fully saturated rings. The van der Waals surface area contributed by atoms with Crippen molar-refractivity contribution < 1.29 is 28.9 Å². The number of nitro benzene ring substituents is 2. The molecule has 13 heteroatoms. The number of carbonyl (C=O) groups is 1. The molecule has 0 radical (unpaired) electrons. The van der Waals surface area contributed by atoms with Crippen molar-refractivity contribution in [2.24, 2.45) is 5.10 Å². The molecule has 3 aromatic carbocycles. The average Bonchev–Trinajstić information content (AvgIpc) is 2.88. The number of amides is 1. The summed E-state index contributed by atoms with van der Waals surface area (Å²) in [5, 5.41) is 26.6. The van der Waals surface area contributed by atoms with Crippen LogP contribution >= 0.6 is 11.6 Å². The highest BCUT2D eigenvalue weighted by molar-refractivity contribution is 6.30. The summed E-state index contributed by atoms with van der Waals surface area (Å²) in [6.07, 6.45) is 2.80. The van der Waals surface area contributed by atoms with Crippen LogP contribution in [0.2, 0.25) is 5.02 Å². The van der Waals surface area contributed by atoms with Gasteiger partial charge < -0.3 is 14.2 Å². The number of hydrazone groups is 1. The number of non-ortho nitro benzene ring substituents is 1. The van der Waals surface area contributed by atoms with Gasteiger partial charge in [0.25, 0.3) is 11.6 Å². The smallest absolute Gasteiger partial charge is 0.318 e. The van der Waals surface area contributed by atoms with Gasteiger partial charge in [0, 0.05) is 22.2 Å². The van der Waals surface area contributed by atoms with Gasteiger partial charge in [0.1, 0.15) is 12.4 Å². The number of methoxy groups -OCH3 is 1. The first-order chi connectivity index (χ1) is 17.7. The van der Waals surface area contributed by atoms with E-state index in [-0.39, 0.29) is 29.2 Å². The lowest BCUT2D eigenvalue weighted by atomic mass is 10.2. The molecule has 1 amide bonds. The Bertz CT molecular complexity index is 1390. The summed E-state index contributed by atoms with van der Waals surface area (Å²) < 4.78 is 16.3. The van der Waals surface area contributed by atoms with Crippen LogP contribution in [0.4, 0.5) is 11.4 Å². The summed E-state index contributed by atoms with van der Waals surface area (Å²) in [4.78, 5) is 33.4. The van der Waals surface area contributed by atoms with Gasteiger partial charge in [-0.15, -0.1) is 0 Å². The summed E-state index contributed by atoms with van der Waals surface area (Å²) in [7, 11) is 1.44. The van der Waals surface area contributed by atoms with Gasteiger partial charge in [-0.25, -0.2) is 5.43 Å². The van der Waals surface area contributed by atoms with Crippen LogP contribution in [-0.4, -0.2) is 35.7 Å². The molecule has 37 heavy (non-hydrogen) atoms. The van der Waals surface area contributed by atoms with Crippen LogP contribution in [0.3, 0.4) is 0 Å². The first kappa shape index (κ1) is 26.6. The third-order valence-corrected chi connectivity index (χ3v) is 4.93. The number of nitro groups is 2. The zero-order valence-electron chi connectivity index (χ0n) is 19.3. The van der Waals surface area contributed by atoms with Crippen molar-refractivity contribution in [3.05, 3.63) is 104 Å².